The van der Waals surface area contributed by atoms with Gasteiger partial charge in [-0.25, -0.2) is 9.59 Å². The van der Waals surface area contributed by atoms with Crippen molar-refractivity contribution < 1.29 is 19.4 Å². The van der Waals surface area contributed by atoms with Gasteiger partial charge in [0.25, 0.3) is 0 Å². The molecule has 0 unspecified atom stereocenters. The van der Waals surface area contributed by atoms with Gasteiger partial charge >= 0.3 is 12.0 Å². The third-order valence-corrected chi connectivity index (χ3v) is 2.32. The average Bonchev–Trinajstić information content (AvgIpc) is 2.38. The summed E-state index contributed by atoms with van der Waals surface area (Å²) in [5.41, 5.74) is 0.580. The highest BCUT2D eigenvalue weighted by molar-refractivity contribution is 5.93. The number of rotatable bonds is 7. The third-order valence-electron chi connectivity index (χ3n) is 2.32. The summed E-state index contributed by atoms with van der Waals surface area (Å²) in [6.45, 7) is 3.68. The van der Waals surface area contributed by atoms with Gasteiger partial charge in [0.2, 0.25) is 0 Å². The minimum absolute atomic E-state index is 0.133. The molecule has 1 aromatic rings. The van der Waals surface area contributed by atoms with Crippen LogP contribution in [-0.2, 0) is 4.74 Å². The van der Waals surface area contributed by atoms with Crippen LogP contribution < -0.4 is 10.6 Å². The first-order valence-electron chi connectivity index (χ1n) is 6.09. The summed E-state index contributed by atoms with van der Waals surface area (Å²) < 4.78 is 5.14. The zero-order chi connectivity index (χ0) is 14.1. The van der Waals surface area contributed by atoms with Crippen LogP contribution in [0.25, 0.3) is 0 Å². The van der Waals surface area contributed by atoms with E-state index in [0.29, 0.717) is 25.4 Å². The summed E-state index contributed by atoms with van der Waals surface area (Å²) in [6, 6.07) is 5.72. The molecule has 3 N–H and O–H groups in total. The van der Waals surface area contributed by atoms with E-state index < -0.39 is 5.97 Å². The fourth-order valence-corrected chi connectivity index (χ4v) is 1.43. The van der Waals surface area contributed by atoms with Crippen LogP contribution in [0.2, 0.25) is 0 Å². The van der Waals surface area contributed by atoms with Crippen LogP contribution in [0, 0.1) is 0 Å². The number of benzene rings is 1. The second-order valence-electron chi connectivity index (χ2n) is 3.82. The molecule has 0 radical (unpaired) electrons. The van der Waals surface area contributed by atoms with Crippen LogP contribution in [0.15, 0.2) is 24.3 Å². The molecular weight excluding hydrogens is 248 g/mol. The number of ether oxygens (including phenoxy) is 1. The maximum Gasteiger partial charge on any atom is 0.335 e. The number of anilines is 1. The molecule has 0 aliphatic rings. The van der Waals surface area contributed by atoms with Crippen LogP contribution in [0.5, 0.6) is 0 Å². The molecule has 6 heteroatoms. The minimum atomic E-state index is -1.03. The molecule has 0 fully saturated rings. The molecule has 0 heterocycles. The minimum Gasteiger partial charge on any atom is -0.478 e. The smallest absolute Gasteiger partial charge is 0.335 e. The number of carbonyl (C=O) groups is 2. The third kappa shape index (κ3) is 5.87. The molecule has 1 rings (SSSR count). The second kappa shape index (κ2) is 8.10. The zero-order valence-electron chi connectivity index (χ0n) is 10.8. The first-order valence-corrected chi connectivity index (χ1v) is 6.09. The molecule has 0 saturated heterocycles. The van der Waals surface area contributed by atoms with Gasteiger partial charge in [-0.2, -0.15) is 0 Å². The largest absolute Gasteiger partial charge is 0.478 e. The van der Waals surface area contributed by atoms with Crippen molar-refractivity contribution in [3.63, 3.8) is 0 Å². The van der Waals surface area contributed by atoms with Gasteiger partial charge < -0.3 is 20.5 Å². The van der Waals surface area contributed by atoms with Gasteiger partial charge in [-0.3, -0.25) is 0 Å². The number of hydrogen-bond donors (Lipinski definition) is 3. The van der Waals surface area contributed by atoms with Crippen molar-refractivity contribution in [2.24, 2.45) is 0 Å². The van der Waals surface area contributed by atoms with Gasteiger partial charge in [0.1, 0.15) is 0 Å². The predicted molar refractivity (Wildman–Crippen MR) is 71.5 cm³/mol. The Morgan fingerprint density at radius 3 is 2.84 bits per heavy atom. The number of carboxylic acid groups (broad SMARTS) is 1. The molecule has 104 valence electrons. The van der Waals surface area contributed by atoms with Crippen molar-refractivity contribution in [2.45, 2.75) is 13.3 Å². The normalized spacial score (nSPS) is 9.95. The Balaban J connectivity index is 2.35. The van der Waals surface area contributed by atoms with Gasteiger partial charge in [-0.15, -0.1) is 0 Å². The molecule has 0 aliphatic carbocycles. The van der Waals surface area contributed by atoms with Crippen LogP contribution in [-0.4, -0.2) is 36.9 Å². The van der Waals surface area contributed by atoms with E-state index in [1.54, 1.807) is 12.1 Å². The van der Waals surface area contributed by atoms with Crippen molar-refractivity contribution in [3.8, 4) is 0 Å². The van der Waals surface area contributed by atoms with E-state index in [1.807, 2.05) is 6.92 Å². The fourth-order valence-electron chi connectivity index (χ4n) is 1.43. The monoisotopic (exact) mass is 266 g/mol. The molecule has 0 bridgehead atoms. The van der Waals surface area contributed by atoms with Crippen molar-refractivity contribution >= 4 is 17.7 Å². The molecule has 0 aliphatic heterocycles. The summed E-state index contributed by atoms with van der Waals surface area (Å²) in [4.78, 5) is 22.3. The maximum atomic E-state index is 11.5. The molecule has 0 aromatic heterocycles. The highest BCUT2D eigenvalue weighted by Crippen LogP contribution is 2.10. The molecule has 0 atom stereocenters. The standard InChI is InChI=1S/C13H18N2O4/c1-2-19-8-4-7-14-13(18)15-11-6-3-5-10(9-11)12(16)17/h3,5-6,9H,2,4,7-8H2,1H3,(H,16,17)(H2,14,15,18). The van der Waals surface area contributed by atoms with Crippen LogP contribution >= 0.6 is 0 Å². The summed E-state index contributed by atoms with van der Waals surface area (Å²) >= 11 is 0. The Kier molecular flexibility index (Phi) is 6.38. The van der Waals surface area contributed by atoms with E-state index in [0.717, 1.165) is 6.42 Å². The van der Waals surface area contributed by atoms with E-state index in [2.05, 4.69) is 10.6 Å². The van der Waals surface area contributed by atoms with Gasteiger partial charge in [0.05, 0.1) is 5.56 Å². The van der Waals surface area contributed by atoms with E-state index in [1.165, 1.54) is 12.1 Å². The molecule has 0 spiro atoms. The van der Waals surface area contributed by atoms with Gasteiger partial charge in [-0.1, -0.05) is 6.07 Å². The Hall–Kier alpha value is -2.08. The number of nitrogens with one attached hydrogen (secondary N) is 2. The molecule has 0 saturated carbocycles. The lowest BCUT2D eigenvalue weighted by molar-refractivity contribution is 0.0697. The first-order chi connectivity index (χ1) is 9.13. The molecule has 2 amide bonds. The highest BCUT2D eigenvalue weighted by atomic mass is 16.5. The second-order valence-corrected chi connectivity index (χ2v) is 3.82. The molecule has 1 aromatic carbocycles. The van der Waals surface area contributed by atoms with Crippen molar-refractivity contribution in [2.75, 3.05) is 25.1 Å². The summed E-state index contributed by atoms with van der Waals surface area (Å²) in [7, 11) is 0. The fraction of sp³-hybridized carbons (Fsp3) is 0.385. The molecule has 6 nitrogen and oxygen atoms in total. The van der Waals surface area contributed by atoms with Crippen LogP contribution in [0.1, 0.15) is 23.7 Å². The number of aromatic carboxylic acids is 1. The maximum absolute atomic E-state index is 11.5. The average molecular weight is 266 g/mol. The Morgan fingerprint density at radius 1 is 1.37 bits per heavy atom. The van der Waals surface area contributed by atoms with E-state index >= 15 is 0 Å². The Labute approximate surface area is 111 Å². The van der Waals surface area contributed by atoms with Gasteiger partial charge in [0, 0.05) is 25.4 Å². The summed E-state index contributed by atoms with van der Waals surface area (Å²) in [5, 5.41) is 14.1. The SMILES string of the molecule is CCOCCCNC(=O)Nc1cccc(C(=O)O)c1. The summed E-state index contributed by atoms with van der Waals surface area (Å²) in [6.07, 6.45) is 0.733. The first kappa shape index (κ1) is 15.0. The highest BCUT2D eigenvalue weighted by Gasteiger charge is 2.05. The van der Waals surface area contributed by atoms with Crippen molar-refractivity contribution in [3.05, 3.63) is 29.8 Å². The van der Waals surface area contributed by atoms with E-state index in [9.17, 15) is 9.59 Å². The number of urea groups is 1. The van der Waals surface area contributed by atoms with Gasteiger partial charge in [-0.05, 0) is 31.5 Å². The Bertz CT molecular complexity index is 434. The van der Waals surface area contributed by atoms with E-state index in [-0.39, 0.29) is 11.6 Å². The zero-order valence-corrected chi connectivity index (χ0v) is 10.8. The topological polar surface area (TPSA) is 87.7 Å². The number of amides is 2. The lowest BCUT2D eigenvalue weighted by Crippen LogP contribution is -2.30. The number of hydrogen-bond acceptors (Lipinski definition) is 3. The van der Waals surface area contributed by atoms with Gasteiger partial charge in [0.15, 0.2) is 0 Å². The quantitative estimate of drug-likeness (QED) is 0.658. The molecule has 19 heavy (non-hydrogen) atoms. The van der Waals surface area contributed by atoms with Crippen LogP contribution in [0.4, 0.5) is 10.5 Å². The lowest BCUT2D eigenvalue weighted by atomic mass is 10.2. The van der Waals surface area contributed by atoms with Crippen LogP contribution in [0.3, 0.4) is 0 Å². The predicted octanol–water partition coefficient (Wildman–Crippen LogP) is 1.93. The van der Waals surface area contributed by atoms with Crippen molar-refractivity contribution in [1.82, 2.24) is 5.32 Å². The van der Waals surface area contributed by atoms with E-state index in [4.69, 9.17) is 9.84 Å². The number of carboxylic acids is 1. The molecular formula is C13H18N2O4. The summed E-state index contributed by atoms with van der Waals surface area (Å²) in [5.74, 6) is -1.03. The number of carbonyl (C=O) groups excluding carboxylic acids is 1. The lowest BCUT2D eigenvalue weighted by Gasteiger charge is -2.08. The Morgan fingerprint density at radius 2 is 2.16 bits per heavy atom. The van der Waals surface area contributed by atoms with Crippen molar-refractivity contribution in [1.29, 1.82) is 0 Å².